The van der Waals surface area contributed by atoms with Crippen molar-refractivity contribution in [3.63, 3.8) is 0 Å². The predicted octanol–water partition coefficient (Wildman–Crippen LogP) is 2.89. The fourth-order valence-electron chi connectivity index (χ4n) is 5.08. The van der Waals surface area contributed by atoms with Gasteiger partial charge in [-0.25, -0.2) is 4.98 Å². The fraction of sp³-hybridized carbons (Fsp3) is 0.800. The van der Waals surface area contributed by atoms with Gasteiger partial charge in [0.2, 0.25) is 0 Å². The van der Waals surface area contributed by atoms with Crippen LogP contribution >= 0.6 is 0 Å². The zero-order valence-electron chi connectivity index (χ0n) is 11.1. The van der Waals surface area contributed by atoms with Gasteiger partial charge in [-0.05, 0) is 62.7 Å². The summed E-state index contributed by atoms with van der Waals surface area (Å²) >= 11 is 0. The van der Waals surface area contributed by atoms with Gasteiger partial charge in [0.15, 0.2) is 0 Å². The number of H-pyrrole nitrogens is 1. The minimum atomic E-state index is 0.363. The van der Waals surface area contributed by atoms with Crippen LogP contribution in [0.15, 0.2) is 12.4 Å². The second-order valence-electron chi connectivity index (χ2n) is 6.82. The molecule has 1 heterocycles. The molecule has 4 aliphatic rings. The first-order valence-electron chi connectivity index (χ1n) is 7.55. The monoisotopic (exact) mass is 245 g/mol. The second-order valence-corrected chi connectivity index (χ2v) is 6.82. The SMILES string of the molecule is CC(NC1C2CC3CC(C2)CC1C3)c1ncc[nH]1. The number of imidazole rings is 1. The summed E-state index contributed by atoms with van der Waals surface area (Å²) in [6.07, 6.45) is 11.2. The first kappa shape index (κ1) is 11.0. The van der Waals surface area contributed by atoms with Gasteiger partial charge in [-0.1, -0.05) is 0 Å². The van der Waals surface area contributed by atoms with E-state index >= 15 is 0 Å². The van der Waals surface area contributed by atoms with Gasteiger partial charge >= 0.3 is 0 Å². The molecule has 0 radical (unpaired) electrons. The van der Waals surface area contributed by atoms with Crippen molar-refractivity contribution in [2.24, 2.45) is 23.7 Å². The summed E-state index contributed by atoms with van der Waals surface area (Å²) in [5.41, 5.74) is 0. The van der Waals surface area contributed by atoms with Crippen molar-refractivity contribution in [3.8, 4) is 0 Å². The van der Waals surface area contributed by atoms with Crippen molar-refractivity contribution in [2.45, 2.75) is 51.1 Å². The zero-order chi connectivity index (χ0) is 12.1. The van der Waals surface area contributed by atoms with Gasteiger partial charge in [0.25, 0.3) is 0 Å². The molecule has 1 aromatic heterocycles. The van der Waals surface area contributed by atoms with E-state index in [4.69, 9.17) is 0 Å². The number of rotatable bonds is 3. The Hall–Kier alpha value is -0.830. The van der Waals surface area contributed by atoms with E-state index in [-0.39, 0.29) is 0 Å². The first-order chi connectivity index (χ1) is 8.79. The average molecular weight is 245 g/mol. The molecule has 3 heteroatoms. The van der Waals surface area contributed by atoms with E-state index in [9.17, 15) is 0 Å². The van der Waals surface area contributed by atoms with Gasteiger partial charge in [-0.2, -0.15) is 0 Å². The fourth-order valence-corrected chi connectivity index (χ4v) is 5.08. The molecule has 0 aliphatic heterocycles. The van der Waals surface area contributed by atoms with Gasteiger partial charge in [0, 0.05) is 18.4 Å². The van der Waals surface area contributed by atoms with Crippen LogP contribution < -0.4 is 5.32 Å². The molecule has 4 bridgehead atoms. The van der Waals surface area contributed by atoms with Gasteiger partial charge in [-0.3, -0.25) is 0 Å². The maximum atomic E-state index is 4.38. The molecule has 1 unspecified atom stereocenters. The maximum absolute atomic E-state index is 4.38. The van der Waals surface area contributed by atoms with Crippen LogP contribution in [0.5, 0.6) is 0 Å². The van der Waals surface area contributed by atoms with Crippen molar-refractivity contribution in [1.82, 2.24) is 15.3 Å². The molecule has 4 fully saturated rings. The Kier molecular flexibility index (Phi) is 2.51. The molecule has 4 aliphatic carbocycles. The van der Waals surface area contributed by atoms with Crippen LogP contribution in [0.4, 0.5) is 0 Å². The summed E-state index contributed by atoms with van der Waals surface area (Å²) in [6, 6.07) is 1.11. The Labute approximate surface area is 109 Å². The van der Waals surface area contributed by atoms with E-state index in [2.05, 4.69) is 22.2 Å². The summed E-state index contributed by atoms with van der Waals surface area (Å²) in [5.74, 6) is 5.09. The third-order valence-electron chi connectivity index (χ3n) is 5.60. The minimum absolute atomic E-state index is 0.363. The number of nitrogens with one attached hydrogen (secondary N) is 2. The average Bonchev–Trinajstić information content (AvgIpc) is 2.86. The molecule has 0 amide bonds. The molecule has 98 valence electrons. The van der Waals surface area contributed by atoms with Crippen LogP contribution in [-0.4, -0.2) is 16.0 Å². The van der Waals surface area contributed by atoms with Gasteiger partial charge in [0.1, 0.15) is 5.82 Å². The number of aromatic amines is 1. The lowest BCUT2D eigenvalue weighted by atomic mass is 9.54. The topological polar surface area (TPSA) is 40.7 Å². The van der Waals surface area contributed by atoms with Crippen molar-refractivity contribution in [3.05, 3.63) is 18.2 Å². The van der Waals surface area contributed by atoms with Gasteiger partial charge in [-0.15, -0.1) is 0 Å². The Morgan fingerprint density at radius 1 is 1.17 bits per heavy atom. The van der Waals surface area contributed by atoms with E-state index in [0.717, 1.165) is 35.5 Å². The molecule has 0 saturated heterocycles. The Bertz CT molecular complexity index is 383. The van der Waals surface area contributed by atoms with E-state index in [1.807, 2.05) is 12.4 Å². The van der Waals surface area contributed by atoms with Crippen LogP contribution in [0.3, 0.4) is 0 Å². The van der Waals surface area contributed by atoms with Crippen LogP contribution in [0.2, 0.25) is 0 Å². The number of nitrogens with zero attached hydrogens (tertiary/aromatic N) is 1. The van der Waals surface area contributed by atoms with E-state index in [1.54, 1.807) is 0 Å². The van der Waals surface area contributed by atoms with Crippen molar-refractivity contribution >= 4 is 0 Å². The molecular formula is C15H23N3. The standard InChI is InChI=1S/C15H23N3/c1-9(15-16-2-3-17-15)18-14-12-5-10-4-11(7-12)8-13(14)6-10/h2-3,9-14,18H,4-8H2,1H3,(H,16,17). The predicted molar refractivity (Wildman–Crippen MR) is 71.0 cm³/mol. The molecular weight excluding hydrogens is 222 g/mol. The van der Waals surface area contributed by atoms with Crippen LogP contribution in [0, 0.1) is 23.7 Å². The molecule has 18 heavy (non-hydrogen) atoms. The summed E-state index contributed by atoms with van der Waals surface area (Å²) < 4.78 is 0. The third kappa shape index (κ3) is 1.71. The number of aromatic nitrogens is 2. The summed E-state index contributed by atoms with van der Waals surface area (Å²) in [7, 11) is 0. The molecule has 2 N–H and O–H groups in total. The summed E-state index contributed by atoms with van der Waals surface area (Å²) in [5, 5.41) is 3.87. The maximum Gasteiger partial charge on any atom is 0.122 e. The summed E-state index contributed by atoms with van der Waals surface area (Å²) in [6.45, 7) is 2.24. The highest BCUT2D eigenvalue weighted by Crippen LogP contribution is 2.53. The molecule has 3 nitrogen and oxygen atoms in total. The lowest BCUT2D eigenvalue weighted by molar-refractivity contribution is -0.0174. The van der Waals surface area contributed by atoms with E-state index in [1.165, 1.54) is 32.1 Å². The Morgan fingerprint density at radius 2 is 1.83 bits per heavy atom. The van der Waals surface area contributed by atoms with Crippen molar-refractivity contribution < 1.29 is 0 Å². The number of hydrogen-bond donors (Lipinski definition) is 2. The van der Waals surface area contributed by atoms with E-state index < -0.39 is 0 Å². The summed E-state index contributed by atoms with van der Waals surface area (Å²) in [4.78, 5) is 7.62. The van der Waals surface area contributed by atoms with Crippen molar-refractivity contribution in [1.29, 1.82) is 0 Å². The Balaban J connectivity index is 1.49. The third-order valence-corrected chi connectivity index (χ3v) is 5.60. The van der Waals surface area contributed by atoms with Crippen LogP contribution in [0.1, 0.15) is 50.9 Å². The van der Waals surface area contributed by atoms with Crippen LogP contribution in [0.25, 0.3) is 0 Å². The highest BCUT2D eigenvalue weighted by molar-refractivity contribution is 5.04. The quantitative estimate of drug-likeness (QED) is 0.859. The molecule has 1 aromatic rings. The van der Waals surface area contributed by atoms with Gasteiger partial charge < -0.3 is 10.3 Å². The second kappa shape index (κ2) is 4.09. The number of hydrogen-bond acceptors (Lipinski definition) is 2. The molecule has 1 atom stereocenters. The molecule has 5 rings (SSSR count). The van der Waals surface area contributed by atoms with E-state index in [0.29, 0.717) is 6.04 Å². The Morgan fingerprint density at radius 3 is 2.39 bits per heavy atom. The minimum Gasteiger partial charge on any atom is -0.347 e. The molecule has 4 saturated carbocycles. The highest BCUT2D eigenvalue weighted by atomic mass is 15.0. The largest absolute Gasteiger partial charge is 0.347 e. The molecule has 0 spiro atoms. The smallest absolute Gasteiger partial charge is 0.122 e. The highest BCUT2D eigenvalue weighted by Gasteiger charge is 2.48. The lowest BCUT2D eigenvalue weighted by Gasteiger charge is -2.55. The first-order valence-corrected chi connectivity index (χ1v) is 7.55. The van der Waals surface area contributed by atoms with Gasteiger partial charge in [0.05, 0.1) is 6.04 Å². The van der Waals surface area contributed by atoms with Crippen LogP contribution in [-0.2, 0) is 0 Å². The van der Waals surface area contributed by atoms with Crippen molar-refractivity contribution in [2.75, 3.05) is 0 Å². The molecule has 0 aromatic carbocycles. The normalized spacial score (nSPS) is 43.3. The lowest BCUT2D eigenvalue weighted by Crippen LogP contribution is -2.54. The zero-order valence-corrected chi connectivity index (χ0v) is 11.1.